The largest absolute Gasteiger partial charge is 0.373 e. The number of benzene rings is 1. The van der Waals surface area contributed by atoms with Gasteiger partial charge in [-0.2, -0.15) is 9.61 Å². The van der Waals surface area contributed by atoms with Crippen LogP contribution in [0.2, 0.25) is 0 Å². The van der Waals surface area contributed by atoms with Gasteiger partial charge in [0.05, 0.1) is 24.1 Å². The Morgan fingerprint density at radius 2 is 1.74 bits per heavy atom. The maximum absolute atomic E-state index is 13.1. The monoisotopic (exact) mass is 418 g/mol. The van der Waals surface area contributed by atoms with E-state index in [2.05, 4.69) is 34.9 Å². The Morgan fingerprint density at radius 1 is 1.00 bits per heavy atom. The zero-order chi connectivity index (χ0) is 21.5. The highest BCUT2D eigenvalue weighted by molar-refractivity contribution is 5.89. The second-order valence-corrected chi connectivity index (χ2v) is 8.52. The highest BCUT2D eigenvalue weighted by atomic mass is 16.5. The van der Waals surface area contributed by atoms with Crippen LogP contribution in [0.25, 0.3) is 16.7 Å². The molecule has 160 valence electrons. The Kier molecular flexibility index (Phi) is 5.03. The molecule has 0 bridgehead atoms. The van der Waals surface area contributed by atoms with Crippen LogP contribution in [0.5, 0.6) is 0 Å². The van der Waals surface area contributed by atoms with Crippen LogP contribution >= 0.6 is 0 Å². The molecule has 3 aromatic heterocycles. The lowest BCUT2D eigenvalue weighted by atomic mass is 10.1. The summed E-state index contributed by atoms with van der Waals surface area (Å²) in [6, 6.07) is 10.3. The third-order valence-corrected chi connectivity index (χ3v) is 5.74. The van der Waals surface area contributed by atoms with E-state index >= 15 is 0 Å². The van der Waals surface area contributed by atoms with Crippen molar-refractivity contribution in [2.45, 2.75) is 46.1 Å². The molecule has 0 aliphatic carbocycles. The van der Waals surface area contributed by atoms with E-state index in [1.807, 2.05) is 37.4 Å². The zero-order valence-electron chi connectivity index (χ0n) is 18.0. The van der Waals surface area contributed by atoms with Crippen LogP contribution in [-0.4, -0.2) is 54.3 Å². The van der Waals surface area contributed by atoms with Crippen molar-refractivity contribution in [1.82, 2.24) is 29.0 Å². The minimum Gasteiger partial charge on any atom is -0.373 e. The molecule has 1 aromatic carbocycles. The van der Waals surface area contributed by atoms with Crippen molar-refractivity contribution in [1.29, 1.82) is 0 Å². The standard InChI is InChI=1S/C23H26N6O2/c1-15-4-6-18(7-5-15)13-28-21-20(22-25-14-26-29(22)23(28)30)8-19(9-24-21)12-27-10-16(2)31-17(3)11-27/h4-9,14,16-17H,10-13H2,1-3H3. The van der Waals surface area contributed by atoms with E-state index in [1.54, 1.807) is 4.57 Å². The molecule has 2 atom stereocenters. The fourth-order valence-electron chi connectivity index (χ4n) is 4.43. The van der Waals surface area contributed by atoms with Crippen molar-refractivity contribution in [3.05, 3.63) is 70.0 Å². The van der Waals surface area contributed by atoms with Crippen LogP contribution < -0.4 is 5.69 Å². The van der Waals surface area contributed by atoms with Gasteiger partial charge in [0.1, 0.15) is 12.0 Å². The molecule has 2 unspecified atom stereocenters. The summed E-state index contributed by atoms with van der Waals surface area (Å²) >= 11 is 0. The van der Waals surface area contributed by atoms with Crippen LogP contribution in [-0.2, 0) is 17.8 Å². The number of nitrogens with zero attached hydrogens (tertiary/aromatic N) is 6. The summed E-state index contributed by atoms with van der Waals surface area (Å²) in [5, 5.41) is 5.00. The summed E-state index contributed by atoms with van der Waals surface area (Å²) in [5.74, 6) is 0. The van der Waals surface area contributed by atoms with E-state index in [4.69, 9.17) is 9.72 Å². The van der Waals surface area contributed by atoms with Gasteiger partial charge >= 0.3 is 5.69 Å². The number of aryl methyl sites for hydroxylation is 1. The molecular formula is C23H26N6O2. The lowest BCUT2D eigenvalue weighted by molar-refractivity contribution is -0.0705. The quantitative estimate of drug-likeness (QED) is 0.507. The molecule has 8 nitrogen and oxygen atoms in total. The summed E-state index contributed by atoms with van der Waals surface area (Å²) in [4.78, 5) is 24.5. The zero-order valence-corrected chi connectivity index (χ0v) is 18.0. The third kappa shape index (κ3) is 3.84. The van der Waals surface area contributed by atoms with Crippen LogP contribution in [0.15, 0.2) is 47.7 Å². The number of pyridine rings is 1. The van der Waals surface area contributed by atoms with Crippen LogP contribution in [0.3, 0.4) is 0 Å². The number of hydrogen-bond donors (Lipinski definition) is 0. The summed E-state index contributed by atoms with van der Waals surface area (Å²) in [6.45, 7) is 9.22. The molecule has 0 spiro atoms. The molecule has 1 fully saturated rings. The lowest BCUT2D eigenvalue weighted by Crippen LogP contribution is -2.44. The number of hydrogen-bond acceptors (Lipinski definition) is 6. The molecular weight excluding hydrogens is 392 g/mol. The van der Waals surface area contributed by atoms with Gasteiger partial charge in [-0.25, -0.2) is 14.8 Å². The second-order valence-electron chi connectivity index (χ2n) is 8.52. The van der Waals surface area contributed by atoms with Gasteiger partial charge in [-0.05, 0) is 38.0 Å². The van der Waals surface area contributed by atoms with E-state index in [1.165, 1.54) is 16.4 Å². The molecule has 1 saturated heterocycles. The third-order valence-electron chi connectivity index (χ3n) is 5.74. The minimum absolute atomic E-state index is 0.208. The average molecular weight is 419 g/mol. The summed E-state index contributed by atoms with van der Waals surface area (Å²) in [6.07, 6.45) is 3.70. The fourth-order valence-corrected chi connectivity index (χ4v) is 4.43. The van der Waals surface area contributed by atoms with E-state index in [0.29, 0.717) is 17.8 Å². The van der Waals surface area contributed by atoms with Crippen molar-refractivity contribution in [2.24, 2.45) is 0 Å². The van der Waals surface area contributed by atoms with Crippen molar-refractivity contribution in [3.8, 4) is 0 Å². The Labute approximate surface area is 180 Å². The molecule has 0 amide bonds. The van der Waals surface area contributed by atoms with Crippen LogP contribution in [0.4, 0.5) is 0 Å². The minimum atomic E-state index is -0.239. The van der Waals surface area contributed by atoms with Crippen LogP contribution in [0, 0.1) is 6.92 Å². The molecule has 31 heavy (non-hydrogen) atoms. The summed E-state index contributed by atoms with van der Waals surface area (Å²) < 4.78 is 8.88. The number of rotatable bonds is 4. The van der Waals surface area contributed by atoms with Gasteiger partial charge in [-0.15, -0.1) is 0 Å². The van der Waals surface area contributed by atoms with Gasteiger partial charge < -0.3 is 4.74 Å². The predicted molar refractivity (Wildman–Crippen MR) is 118 cm³/mol. The van der Waals surface area contributed by atoms with E-state index in [0.717, 1.165) is 36.1 Å². The maximum atomic E-state index is 13.1. The highest BCUT2D eigenvalue weighted by Gasteiger charge is 2.23. The Morgan fingerprint density at radius 3 is 2.48 bits per heavy atom. The average Bonchev–Trinajstić information content (AvgIpc) is 3.22. The van der Waals surface area contributed by atoms with Gasteiger partial charge in [0.15, 0.2) is 5.65 Å². The van der Waals surface area contributed by atoms with E-state index < -0.39 is 0 Å². The highest BCUT2D eigenvalue weighted by Crippen LogP contribution is 2.20. The first kappa shape index (κ1) is 19.8. The number of ether oxygens (including phenoxy) is 1. The van der Waals surface area contributed by atoms with Gasteiger partial charge in [0.25, 0.3) is 0 Å². The second kappa shape index (κ2) is 7.86. The van der Waals surface area contributed by atoms with Crippen molar-refractivity contribution < 1.29 is 4.74 Å². The van der Waals surface area contributed by atoms with E-state index in [-0.39, 0.29) is 17.9 Å². The van der Waals surface area contributed by atoms with Gasteiger partial charge in [0, 0.05) is 25.8 Å². The van der Waals surface area contributed by atoms with Gasteiger partial charge in [-0.3, -0.25) is 9.47 Å². The first-order chi connectivity index (χ1) is 15.0. The summed E-state index contributed by atoms with van der Waals surface area (Å²) in [5.41, 5.74) is 4.23. The van der Waals surface area contributed by atoms with Crippen molar-refractivity contribution in [2.75, 3.05) is 13.1 Å². The Bertz CT molecular complexity index is 1280. The molecule has 0 saturated carbocycles. The smallest absolute Gasteiger partial charge is 0.352 e. The SMILES string of the molecule is Cc1ccc(Cn2c(=O)n3ncnc3c3cc(CN4CC(C)OC(C)C4)cnc32)cc1. The van der Waals surface area contributed by atoms with Gasteiger partial charge in [0.2, 0.25) is 0 Å². The lowest BCUT2D eigenvalue weighted by Gasteiger charge is -2.35. The molecule has 4 aromatic rings. The topological polar surface area (TPSA) is 77.5 Å². The first-order valence-electron chi connectivity index (χ1n) is 10.6. The fraction of sp³-hybridized carbons (Fsp3) is 0.391. The number of fused-ring (bicyclic) bond motifs is 3. The molecule has 8 heteroatoms. The molecule has 0 radical (unpaired) electrons. The predicted octanol–water partition coefficient (Wildman–Crippen LogP) is 2.41. The normalized spacial score (nSPS) is 20.0. The van der Waals surface area contributed by atoms with Crippen molar-refractivity contribution >= 4 is 16.7 Å². The van der Waals surface area contributed by atoms with Gasteiger partial charge in [-0.1, -0.05) is 29.8 Å². The molecule has 5 rings (SSSR count). The number of aromatic nitrogens is 5. The van der Waals surface area contributed by atoms with Crippen molar-refractivity contribution in [3.63, 3.8) is 0 Å². The first-order valence-corrected chi connectivity index (χ1v) is 10.6. The molecule has 0 N–H and O–H groups in total. The molecule has 4 heterocycles. The molecule has 1 aliphatic rings. The number of morpholine rings is 1. The Balaban J connectivity index is 1.57. The van der Waals surface area contributed by atoms with Crippen LogP contribution in [0.1, 0.15) is 30.5 Å². The molecule has 1 aliphatic heterocycles. The van der Waals surface area contributed by atoms with E-state index in [9.17, 15) is 4.79 Å². The Hall–Kier alpha value is -3.10. The maximum Gasteiger partial charge on any atom is 0.352 e. The summed E-state index contributed by atoms with van der Waals surface area (Å²) in [7, 11) is 0.